The van der Waals surface area contributed by atoms with Crippen molar-refractivity contribution >= 4 is 5.78 Å². The lowest BCUT2D eigenvalue weighted by atomic mass is 9.79. The number of hydrogen-bond acceptors (Lipinski definition) is 3. The third kappa shape index (κ3) is 1.35. The maximum absolute atomic E-state index is 12.5. The second kappa shape index (κ2) is 3.77. The predicted molar refractivity (Wildman–Crippen MR) is 65.9 cm³/mol. The molecule has 92 valence electrons. The molecule has 0 N–H and O–H groups in total. The Morgan fingerprint density at radius 3 is 2.50 bits per heavy atom. The van der Waals surface area contributed by atoms with Gasteiger partial charge >= 0.3 is 0 Å². The molecule has 2 aliphatic rings. The molecule has 3 rings (SSSR count). The average molecular weight is 243 g/mol. The molecule has 4 heteroatoms. The van der Waals surface area contributed by atoms with E-state index in [2.05, 4.69) is 0 Å². The van der Waals surface area contributed by atoms with Crippen LogP contribution in [0.4, 0.5) is 0 Å². The summed E-state index contributed by atoms with van der Waals surface area (Å²) in [5.74, 6) is -0.400. The van der Waals surface area contributed by atoms with Crippen molar-refractivity contribution in [1.82, 2.24) is 0 Å². The fraction of sp³-hybridized carbons (Fsp3) is 0.357. The zero-order valence-corrected chi connectivity index (χ0v) is 9.78. The number of nitro groups is 1. The molecule has 0 aliphatic heterocycles. The Morgan fingerprint density at radius 2 is 2.00 bits per heavy atom. The Bertz CT molecular complexity index is 537. The monoisotopic (exact) mass is 243 g/mol. The van der Waals surface area contributed by atoms with Gasteiger partial charge in [0.15, 0.2) is 0 Å². The Hall–Kier alpha value is -1.97. The first-order valence-corrected chi connectivity index (χ1v) is 6.07. The van der Waals surface area contributed by atoms with Crippen molar-refractivity contribution in [3.05, 3.63) is 58.2 Å². The SMILES string of the molecule is O=C(c1ccccc1)[C@]1([N+](=O)[O-])C[C@@H]2C=C[C@H]1C2. The average Bonchev–Trinajstić information content (AvgIpc) is 2.99. The highest BCUT2D eigenvalue weighted by molar-refractivity contribution is 6.03. The fourth-order valence-corrected chi connectivity index (χ4v) is 3.22. The van der Waals surface area contributed by atoms with Gasteiger partial charge in [-0.3, -0.25) is 14.9 Å². The van der Waals surface area contributed by atoms with Gasteiger partial charge in [0.2, 0.25) is 5.78 Å². The minimum absolute atomic E-state index is 0.188. The molecule has 0 radical (unpaired) electrons. The van der Waals surface area contributed by atoms with Crippen LogP contribution < -0.4 is 0 Å². The van der Waals surface area contributed by atoms with Gasteiger partial charge in [-0.1, -0.05) is 42.5 Å². The lowest BCUT2D eigenvalue weighted by Gasteiger charge is -2.25. The van der Waals surface area contributed by atoms with E-state index >= 15 is 0 Å². The lowest BCUT2D eigenvalue weighted by Crippen LogP contribution is -2.49. The van der Waals surface area contributed by atoms with Gasteiger partial charge in [0.05, 0.1) is 5.92 Å². The summed E-state index contributed by atoms with van der Waals surface area (Å²) < 4.78 is 0. The van der Waals surface area contributed by atoms with Gasteiger partial charge in [-0.05, 0) is 12.3 Å². The third-order valence-electron chi connectivity index (χ3n) is 4.11. The van der Waals surface area contributed by atoms with Gasteiger partial charge in [0.1, 0.15) is 0 Å². The molecule has 1 aromatic carbocycles. The number of nitrogens with zero attached hydrogens (tertiary/aromatic N) is 1. The van der Waals surface area contributed by atoms with E-state index in [4.69, 9.17) is 0 Å². The highest BCUT2D eigenvalue weighted by Gasteiger charge is 2.63. The van der Waals surface area contributed by atoms with Crippen molar-refractivity contribution in [3.63, 3.8) is 0 Å². The fourth-order valence-electron chi connectivity index (χ4n) is 3.22. The van der Waals surface area contributed by atoms with Crippen LogP contribution in [-0.4, -0.2) is 16.2 Å². The molecule has 0 saturated heterocycles. The highest BCUT2D eigenvalue weighted by atomic mass is 16.6. The summed E-state index contributed by atoms with van der Waals surface area (Å²) in [7, 11) is 0. The van der Waals surface area contributed by atoms with Gasteiger partial charge in [0, 0.05) is 16.9 Å². The number of carbonyl (C=O) groups excluding carboxylic acids is 1. The van der Waals surface area contributed by atoms with E-state index < -0.39 is 5.54 Å². The van der Waals surface area contributed by atoms with Gasteiger partial charge in [-0.2, -0.15) is 0 Å². The standard InChI is InChI=1S/C14H13NO3/c16-13(11-4-2-1-3-5-11)14(15(17)18)9-10-6-7-12(14)8-10/h1-7,10,12H,8-9H2/t10-,12+,14+/m1/s1. The van der Waals surface area contributed by atoms with Gasteiger partial charge in [-0.15, -0.1) is 0 Å². The summed E-state index contributed by atoms with van der Waals surface area (Å²) in [6, 6.07) is 8.59. The zero-order chi connectivity index (χ0) is 12.8. The number of Topliss-reactive ketones (excluding diaryl/α,β-unsaturated/α-hetero) is 1. The molecule has 2 bridgehead atoms. The van der Waals surface area contributed by atoms with Crippen molar-refractivity contribution in [2.45, 2.75) is 18.4 Å². The van der Waals surface area contributed by atoms with Crippen molar-refractivity contribution in [2.75, 3.05) is 0 Å². The quantitative estimate of drug-likeness (QED) is 0.354. The van der Waals surface area contributed by atoms with Crippen molar-refractivity contribution in [2.24, 2.45) is 11.8 Å². The van der Waals surface area contributed by atoms with Gasteiger partial charge < -0.3 is 0 Å². The van der Waals surface area contributed by atoms with E-state index in [1.807, 2.05) is 12.2 Å². The molecule has 2 aliphatic carbocycles. The van der Waals surface area contributed by atoms with Crippen molar-refractivity contribution in [3.8, 4) is 0 Å². The number of benzene rings is 1. The van der Waals surface area contributed by atoms with E-state index in [9.17, 15) is 14.9 Å². The van der Waals surface area contributed by atoms with Crippen LogP contribution in [-0.2, 0) is 0 Å². The van der Waals surface area contributed by atoms with Crippen LogP contribution in [0.3, 0.4) is 0 Å². The molecular formula is C14H13NO3. The van der Waals surface area contributed by atoms with E-state index in [-0.39, 0.29) is 22.5 Å². The zero-order valence-electron chi connectivity index (χ0n) is 9.78. The maximum Gasteiger partial charge on any atom is 0.290 e. The smallest absolute Gasteiger partial charge is 0.286 e. The molecule has 0 unspecified atom stereocenters. The number of allylic oxidation sites excluding steroid dienone is 1. The first-order chi connectivity index (χ1) is 8.64. The van der Waals surface area contributed by atoms with Crippen LogP contribution in [0.25, 0.3) is 0 Å². The normalized spacial score (nSPS) is 32.7. The molecule has 0 spiro atoms. The molecule has 18 heavy (non-hydrogen) atoms. The minimum atomic E-state index is -1.43. The summed E-state index contributed by atoms with van der Waals surface area (Å²) in [5, 5.41) is 11.5. The number of carbonyl (C=O) groups is 1. The van der Waals surface area contributed by atoms with E-state index in [1.54, 1.807) is 30.3 Å². The highest BCUT2D eigenvalue weighted by Crippen LogP contribution is 2.49. The topological polar surface area (TPSA) is 60.2 Å². The Morgan fingerprint density at radius 1 is 1.28 bits per heavy atom. The van der Waals surface area contributed by atoms with Crippen LogP contribution in [0.15, 0.2) is 42.5 Å². The number of hydrogen-bond donors (Lipinski definition) is 0. The van der Waals surface area contributed by atoms with E-state index in [1.165, 1.54) is 0 Å². The Kier molecular flexibility index (Phi) is 2.33. The summed E-state index contributed by atoms with van der Waals surface area (Å²) >= 11 is 0. The van der Waals surface area contributed by atoms with Crippen LogP contribution in [0.1, 0.15) is 23.2 Å². The van der Waals surface area contributed by atoms with Crippen LogP contribution in [0.2, 0.25) is 0 Å². The van der Waals surface area contributed by atoms with Crippen LogP contribution in [0.5, 0.6) is 0 Å². The van der Waals surface area contributed by atoms with E-state index in [0.717, 1.165) is 6.42 Å². The molecule has 0 aromatic heterocycles. The lowest BCUT2D eigenvalue weighted by molar-refractivity contribution is -0.555. The first kappa shape index (κ1) is 11.1. The molecule has 0 amide bonds. The summed E-state index contributed by atoms with van der Waals surface area (Å²) in [6.07, 6.45) is 4.93. The first-order valence-electron chi connectivity index (χ1n) is 6.07. The molecule has 1 saturated carbocycles. The summed E-state index contributed by atoms with van der Waals surface area (Å²) in [4.78, 5) is 23.6. The Balaban J connectivity index is 2.05. The van der Waals surface area contributed by atoms with Crippen LogP contribution >= 0.6 is 0 Å². The Labute approximate surface area is 104 Å². The number of fused-ring (bicyclic) bond motifs is 2. The van der Waals surface area contributed by atoms with Gasteiger partial charge in [0.25, 0.3) is 5.54 Å². The van der Waals surface area contributed by atoms with Crippen molar-refractivity contribution in [1.29, 1.82) is 0 Å². The predicted octanol–water partition coefficient (Wildman–Crippen LogP) is 2.48. The molecule has 3 atom stereocenters. The molecule has 1 aromatic rings. The summed E-state index contributed by atoms with van der Waals surface area (Å²) in [6.45, 7) is 0. The van der Waals surface area contributed by atoms with E-state index in [0.29, 0.717) is 12.0 Å². The second-order valence-corrected chi connectivity index (χ2v) is 5.07. The molecule has 4 nitrogen and oxygen atoms in total. The molecule has 0 heterocycles. The third-order valence-corrected chi connectivity index (χ3v) is 4.11. The number of rotatable bonds is 3. The summed E-state index contributed by atoms with van der Waals surface area (Å²) in [5.41, 5.74) is -0.990. The van der Waals surface area contributed by atoms with Crippen LogP contribution in [0, 0.1) is 22.0 Å². The molecule has 1 fully saturated rings. The van der Waals surface area contributed by atoms with Gasteiger partial charge in [-0.25, -0.2) is 0 Å². The second-order valence-electron chi connectivity index (χ2n) is 5.07. The number of ketones is 1. The minimum Gasteiger partial charge on any atom is -0.286 e. The maximum atomic E-state index is 12.5. The van der Waals surface area contributed by atoms with Crippen molar-refractivity contribution < 1.29 is 9.72 Å². The largest absolute Gasteiger partial charge is 0.290 e. The molecular weight excluding hydrogens is 230 g/mol.